The molecule has 0 aliphatic carbocycles. The van der Waals surface area contributed by atoms with Gasteiger partial charge in [-0.1, -0.05) is 5.92 Å². The summed E-state index contributed by atoms with van der Waals surface area (Å²) >= 11 is 0. The van der Waals surface area contributed by atoms with Gasteiger partial charge in [0.05, 0.1) is 18.4 Å². The maximum Gasteiger partial charge on any atom is 0.322 e. The largest absolute Gasteiger partial charge is 0.377 e. The average molecular weight is 495 g/mol. The molecule has 2 aromatic rings. The fraction of sp³-hybridized carbons (Fsp3) is 0.346. The SMILES string of the molecule is C#Cc1ccc(NC(=O)N2CC(OCC)CC2C(=O)Nc2ccc(N3CCOCC3=O)cc2F)cc1. The summed E-state index contributed by atoms with van der Waals surface area (Å²) in [7, 11) is 0. The molecule has 2 aliphatic rings. The van der Waals surface area contributed by atoms with Crippen LogP contribution in [0, 0.1) is 18.2 Å². The number of rotatable bonds is 6. The average Bonchev–Trinajstić information content (AvgIpc) is 3.30. The highest BCUT2D eigenvalue weighted by molar-refractivity contribution is 6.00. The van der Waals surface area contributed by atoms with Crippen LogP contribution >= 0.6 is 0 Å². The van der Waals surface area contributed by atoms with E-state index < -0.39 is 23.8 Å². The molecule has 0 saturated carbocycles. The third kappa shape index (κ3) is 5.64. The van der Waals surface area contributed by atoms with Crippen molar-refractivity contribution in [3.63, 3.8) is 0 Å². The van der Waals surface area contributed by atoms with Crippen molar-refractivity contribution in [2.45, 2.75) is 25.5 Å². The zero-order valence-corrected chi connectivity index (χ0v) is 19.8. The van der Waals surface area contributed by atoms with Gasteiger partial charge in [0.1, 0.15) is 18.5 Å². The first-order chi connectivity index (χ1) is 17.4. The third-order valence-corrected chi connectivity index (χ3v) is 6.04. The summed E-state index contributed by atoms with van der Waals surface area (Å²) in [6.45, 7) is 3.09. The van der Waals surface area contributed by atoms with Crippen LogP contribution in [0.2, 0.25) is 0 Å². The number of terminal acetylenes is 1. The number of hydrogen-bond donors (Lipinski definition) is 2. The van der Waals surface area contributed by atoms with Gasteiger partial charge in [0.25, 0.3) is 5.91 Å². The summed E-state index contributed by atoms with van der Waals surface area (Å²) in [6.07, 6.45) is 5.30. The van der Waals surface area contributed by atoms with E-state index in [9.17, 15) is 18.8 Å². The van der Waals surface area contributed by atoms with E-state index >= 15 is 0 Å². The Hall–Kier alpha value is -3.94. The van der Waals surface area contributed by atoms with Crippen LogP contribution in [0.1, 0.15) is 18.9 Å². The fourth-order valence-corrected chi connectivity index (χ4v) is 4.25. The van der Waals surface area contributed by atoms with Crippen LogP contribution < -0.4 is 15.5 Å². The van der Waals surface area contributed by atoms with Crippen LogP contribution in [0.15, 0.2) is 42.5 Å². The molecule has 4 amide bonds. The van der Waals surface area contributed by atoms with Crippen molar-refractivity contribution in [1.29, 1.82) is 0 Å². The summed E-state index contributed by atoms with van der Waals surface area (Å²) in [6, 6.07) is 9.55. The molecule has 36 heavy (non-hydrogen) atoms. The van der Waals surface area contributed by atoms with Gasteiger partial charge in [0.2, 0.25) is 5.91 Å². The molecule has 2 N–H and O–H groups in total. The number of carbonyl (C=O) groups is 3. The smallest absolute Gasteiger partial charge is 0.322 e. The zero-order valence-electron chi connectivity index (χ0n) is 19.8. The van der Waals surface area contributed by atoms with E-state index in [1.807, 2.05) is 6.92 Å². The zero-order chi connectivity index (χ0) is 25.7. The Balaban J connectivity index is 1.47. The lowest BCUT2D eigenvalue weighted by molar-refractivity contribution is -0.125. The normalized spacial score (nSPS) is 19.6. The van der Waals surface area contributed by atoms with Crippen molar-refractivity contribution in [2.75, 3.05) is 48.4 Å². The van der Waals surface area contributed by atoms with Gasteiger partial charge >= 0.3 is 6.03 Å². The van der Waals surface area contributed by atoms with Crippen LogP contribution in [0.4, 0.5) is 26.2 Å². The molecule has 4 rings (SSSR count). The number of amides is 4. The number of likely N-dealkylation sites (tertiary alicyclic amines) is 1. The quantitative estimate of drug-likeness (QED) is 0.602. The number of hydrogen-bond acceptors (Lipinski definition) is 5. The highest BCUT2D eigenvalue weighted by atomic mass is 19.1. The molecule has 2 fully saturated rings. The molecule has 0 aromatic heterocycles. The molecular formula is C26H27FN4O5. The topological polar surface area (TPSA) is 100 Å². The van der Waals surface area contributed by atoms with Crippen LogP contribution in [0.3, 0.4) is 0 Å². The highest BCUT2D eigenvalue weighted by Crippen LogP contribution is 2.26. The van der Waals surface area contributed by atoms with Crippen molar-refractivity contribution < 1.29 is 28.2 Å². The van der Waals surface area contributed by atoms with E-state index in [0.717, 1.165) is 0 Å². The van der Waals surface area contributed by atoms with Crippen molar-refractivity contribution >= 4 is 34.9 Å². The molecule has 0 spiro atoms. The molecule has 2 unspecified atom stereocenters. The van der Waals surface area contributed by atoms with Gasteiger partial charge < -0.3 is 29.9 Å². The molecule has 2 saturated heterocycles. The Morgan fingerprint density at radius 3 is 2.67 bits per heavy atom. The molecule has 188 valence electrons. The number of urea groups is 1. The Bertz CT molecular complexity index is 1180. The molecule has 2 aliphatic heterocycles. The Morgan fingerprint density at radius 1 is 1.22 bits per heavy atom. The lowest BCUT2D eigenvalue weighted by atomic mass is 10.1. The number of nitrogens with one attached hydrogen (secondary N) is 2. The van der Waals surface area contributed by atoms with Crippen LogP contribution in [-0.4, -0.2) is 67.8 Å². The Kier molecular flexibility index (Phi) is 7.83. The molecule has 10 heteroatoms. The summed E-state index contributed by atoms with van der Waals surface area (Å²) < 4.78 is 25.6. The van der Waals surface area contributed by atoms with E-state index in [4.69, 9.17) is 15.9 Å². The van der Waals surface area contributed by atoms with Crippen LogP contribution in [0.5, 0.6) is 0 Å². The van der Waals surface area contributed by atoms with E-state index in [-0.39, 0.29) is 37.3 Å². The first-order valence-electron chi connectivity index (χ1n) is 11.6. The summed E-state index contributed by atoms with van der Waals surface area (Å²) in [5, 5.41) is 5.35. The third-order valence-electron chi connectivity index (χ3n) is 6.04. The van der Waals surface area contributed by atoms with Crippen molar-refractivity contribution in [2.24, 2.45) is 0 Å². The fourth-order valence-electron chi connectivity index (χ4n) is 4.25. The lowest BCUT2D eigenvalue weighted by Crippen LogP contribution is -2.45. The minimum absolute atomic E-state index is 0.0467. The van der Waals surface area contributed by atoms with Crippen LogP contribution in [0.25, 0.3) is 0 Å². The molecule has 2 atom stereocenters. The number of carbonyl (C=O) groups excluding carboxylic acids is 3. The lowest BCUT2D eigenvalue weighted by Gasteiger charge is -2.27. The predicted octanol–water partition coefficient (Wildman–Crippen LogP) is 2.82. The molecule has 9 nitrogen and oxygen atoms in total. The van der Waals surface area contributed by atoms with E-state index in [1.165, 1.54) is 21.9 Å². The van der Waals surface area contributed by atoms with Gasteiger partial charge in [-0.3, -0.25) is 9.59 Å². The minimum atomic E-state index is -0.869. The van der Waals surface area contributed by atoms with Gasteiger partial charge in [0.15, 0.2) is 0 Å². The number of morpholine rings is 1. The summed E-state index contributed by atoms with van der Waals surface area (Å²) in [5.41, 5.74) is 1.54. The molecule has 2 aromatic carbocycles. The van der Waals surface area contributed by atoms with Gasteiger partial charge in [-0.15, -0.1) is 6.42 Å². The maximum atomic E-state index is 14.9. The summed E-state index contributed by atoms with van der Waals surface area (Å²) in [5.74, 6) is 1.02. The second kappa shape index (κ2) is 11.2. The first kappa shape index (κ1) is 25.2. The number of benzene rings is 2. The highest BCUT2D eigenvalue weighted by Gasteiger charge is 2.40. The number of nitrogens with zero attached hydrogens (tertiary/aromatic N) is 2. The second-order valence-corrected chi connectivity index (χ2v) is 8.38. The van der Waals surface area contributed by atoms with Gasteiger partial charge in [-0.05, 0) is 49.4 Å². The van der Waals surface area contributed by atoms with E-state index in [2.05, 4.69) is 16.6 Å². The minimum Gasteiger partial charge on any atom is -0.377 e. The summed E-state index contributed by atoms with van der Waals surface area (Å²) in [4.78, 5) is 41.0. The molecule has 2 heterocycles. The van der Waals surface area contributed by atoms with Gasteiger partial charge in [-0.25, -0.2) is 9.18 Å². The van der Waals surface area contributed by atoms with Crippen molar-refractivity contribution in [3.05, 3.63) is 53.8 Å². The molecule has 0 radical (unpaired) electrons. The second-order valence-electron chi connectivity index (χ2n) is 8.38. The van der Waals surface area contributed by atoms with Gasteiger partial charge in [0, 0.05) is 43.1 Å². The first-order valence-corrected chi connectivity index (χ1v) is 11.6. The predicted molar refractivity (Wildman–Crippen MR) is 132 cm³/mol. The van der Waals surface area contributed by atoms with E-state index in [0.29, 0.717) is 36.7 Å². The standard InChI is InChI=1S/C26H27FN4O5/c1-3-17-5-7-18(8-6-17)28-26(34)31-15-20(36-4-2)14-23(31)25(33)29-22-10-9-19(13-21(22)27)30-11-12-35-16-24(30)32/h1,5-10,13,20,23H,4,11-12,14-16H2,2H3,(H,28,34)(H,29,33). The molecular weight excluding hydrogens is 467 g/mol. The van der Waals surface area contributed by atoms with Crippen LogP contribution in [-0.2, 0) is 19.1 Å². The maximum absolute atomic E-state index is 14.9. The number of ether oxygens (including phenoxy) is 2. The monoisotopic (exact) mass is 494 g/mol. The number of anilines is 3. The Labute approximate surface area is 208 Å². The Morgan fingerprint density at radius 2 is 2.00 bits per heavy atom. The number of halogens is 1. The molecule has 0 bridgehead atoms. The van der Waals surface area contributed by atoms with Crippen molar-refractivity contribution in [1.82, 2.24) is 4.90 Å². The van der Waals surface area contributed by atoms with Crippen molar-refractivity contribution in [3.8, 4) is 12.3 Å². The van der Waals surface area contributed by atoms with Gasteiger partial charge in [-0.2, -0.15) is 0 Å². The van der Waals surface area contributed by atoms with E-state index in [1.54, 1.807) is 30.3 Å².